The SMILES string of the molecule is Cc1cc2c(c(O[Si](C)(C)C(C)(C)C)c1)[C@@H]1CCCC[C@H]1C(=O)O2. The molecule has 2 atom stereocenters. The third-order valence-electron chi connectivity index (χ3n) is 6.07. The maximum atomic E-state index is 12.4. The molecular weight excluding hydrogens is 316 g/mol. The second kappa shape index (κ2) is 5.90. The minimum Gasteiger partial charge on any atom is -0.543 e. The Morgan fingerprint density at radius 2 is 1.75 bits per heavy atom. The third kappa shape index (κ3) is 3.01. The van der Waals surface area contributed by atoms with Crippen LogP contribution < -0.4 is 9.16 Å². The molecule has 2 aliphatic rings. The predicted molar refractivity (Wildman–Crippen MR) is 99.3 cm³/mol. The lowest BCUT2D eigenvalue weighted by atomic mass is 9.73. The van der Waals surface area contributed by atoms with Gasteiger partial charge in [-0.3, -0.25) is 4.79 Å². The van der Waals surface area contributed by atoms with Crippen LogP contribution in [0.25, 0.3) is 0 Å². The quantitative estimate of drug-likeness (QED) is 0.399. The summed E-state index contributed by atoms with van der Waals surface area (Å²) in [6.45, 7) is 13.4. The number of aryl methyl sites for hydroxylation is 1. The van der Waals surface area contributed by atoms with Crippen molar-refractivity contribution in [3.8, 4) is 11.5 Å². The molecule has 1 saturated carbocycles. The van der Waals surface area contributed by atoms with E-state index in [1.807, 2.05) is 13.0 Å². The van der Waals surface area contributed by atoms with Crippen LogP contribution in [-0.2, 0) is 4.79 Å². The maximum absolute atomic E-state index is 12.4. The second-order valence-electron chi connectivity index (χ2n) is 8.96. The lowest BCUT2D eigenvalue weighted by Gasteiger charge is -2.40. The van der Waals surface area contributed by atoms with Gasteiger partial charge in [-0.25, -0.2) is 0 Å². The lowest BCUT2D eigenvalue weighted by molar-refractivity contribution is -0.142. The largest absolute Gasteiger partial charge is 0.543 e. The molecule has 1 heterocycles. The Bertz CT molecular complexity index is 658. The van der Waals surface area contributed by atoms with Gasteiger partial charge in [0, 0.05) is 11.5 Å². The number of carbonyl (C=O) groups excluding carboxylic acids is 1. The van der Waals surface area contributed by atoms with Crippen LogP contribution in [0, 0.1) is 12.8 Å². The highest BCUT2D eigenvalue weighted by molar-refractivity contribution is 6.74. The molecule has 1 aliphatic carbocycles. The van der Waals surface area contributed by atoms with Crippen LogP contribution in [0.3, 0.4) is 0 Å². The minimum absolute atomic E-state index is 0.00993. The number of hydrogen-bond donors (Lipinski definition) is 0. The van der Waals surface area contributed by atoms with Gasteiger partial charge >= 0.3 is 5.97 Å². The van der Waals surface area contributed by atoms with Crippen LogP contribution in [-0.4, -0.2) is 14.3 Å². The first-order valence-electron chi connectivity index (χ1n) is 9.15. The van der Waals surface area contributed by atoms with Crippen LogP contribution in [0.15, 0.2) is 12.1 Å². The van der Waals surface area contributed by atoms with Crippen molar-refractivity contribution in [3.05, 3.63) is 23.3 Å². The molecule has 4 heteroatoms. The second-order valence-corrected chi connectivity index (χ2v) is 13.7. The third-order valence-corrected chi connectivity index (χ3v) is 10.4. The number of benzene rings is 1. The molecule has 1 fully saturated rings. The molecule has 1 aliphatic heterocycles. The minimum atomic E-state index is -1.94. The molecule has 132 valence electrons. The topological polar surface area (TPSA) is 35.5 Å². The number of rotatable bonds is 2. The summed E-state index contributed by atoms with van der Waals surface area (Å²) >= 11 is 0. The summed E-state index contributed by atoms with van der Waals surface area (Å²) in [6, 6.07) is 4.14. The Morgan fingerprint density at radius 1 is 1.12 bits per heavy atom. The van der Waals surface area contributed by atoms with Gasteiger partial charge in [0.1, 0.15) is 11.5 Å². The zero-order chi connectivity index (χ0) is 17.7. The number of carbonyl (C=O) groups is 1. The van der Waals surface area contributed by atoms with Gasteiger partial charge in [-0.1, -0.05) is 33.6 Å². The number of fused-ring (bicyclic) bond motifs is 3. The van der Waals surface area contributed by atoms with Crippen LogP contribution in [0.2, 0.25) is 18.1 Å². The summed E-state index contributed by atoms with van der Waals surface area (Å²) in [6.07, 6.45) is 4.30. The van der Waals surface area contributed by atoms with E-state index in [0.717, 1.165) is 41.9 Å². The summed E-state index contributed by atoms with van der Waals surface area (Å²) < 4.78 is 12.4. The van der Waals surface area contributed by atoms with Crippen LogP contribution in [0.5, 0.6) is 11.5 Å². The smallest absolute Gasteiger partial charge is 0.314 e. The molecule has 0 amide bonds. The van der Waals surface area contributed by atoms with E-state index >= 15 is 0 Å². The van der Waals surface area contributed by atoms with Crippen molar-refractivity contribution >= 4 is 14.3 Å². The van der Waals surface area contributed by atoms with Crippen molar-refractivity contribution in [2.75, 3.05) is 0 Å². The fourth-order valence-electron chi connectivity index (χ4n) is 3.64. The van der Waals surface area contributed by atoms with Crippen LogP contribution in [0.4, 0.5) is 0 Å². The molecule has 0 saturated heterocycles. The molecule has 0 radical (unpaired) electrons. The Labute approximate surface area is 146 Å². The maximum Gasteiger partial charge on any atom is 0.314 e. The van der Waals surface area contributed by atoms with E-state index in [-0.39, 0.29) is 22.8 Å². The van der Waals surface area contributed by atoms with E-state index in [2.05, 4.69) is 39.9 Å². The van der Waals surface area contributed by atoms with E-state index in [9.17, 15) is 4.79 Å². The normalized spacial score (nSPS) is 24.0. The van der Waals surface area contributed by atoms with Crippen molar-refractivity contribution in [1.82, 2.24) is 0 Å². The first-order valence-corrected chi connectivity index (χ1v) is 12.1. The Kier molecular flexibility index (Phi) is 4.31. The summed E-state index contributed by atoms with van der Waals surface area (Å²) in [4.78, 5) is 12.4. The first kappa shape index (κ1) is 17.5. The molecule has 3 rings (SSSR count). The summed E-state index contributed by atoms with van der Waals surface area (Å²) in [5.74, 6) is 1.92. The average Bonchev–Trinajstić information content (AvgIpc) is 2.45. The van der Waals surface area contributed by atoms with E-state index < -0.39 is 8.32 Å². The van der Waals surface area contributed by atoms with Gasteiger partial charge in [0.05, 0.1) is 5.92 Å². The van der Waals surface area contributed by atoms with E-state index in [0.29, 0.717) is 0 Å². The number of ether oxygens (including phenoxy) is 1. The van der Waals surface area contributed by atoms with Gasteiger partial charge < -0.3 is 9.16 Å². The van der Waals surface area contributed by atoms with Gasteiger partial charge in [0.15, 0.2) is 0 Å². The fourth-order valence-corrected chi connectivity index (χ4v) is 4.66. The number of esters is 1. The first-order chi connectivity index (χ1) is 11.1. The van der Waals surface area contributed by atoms with Crippen LogP contribution in [0.1, 0.15) is 63.5 Å². The highest BCUT2D eigenvalue weighted by Gasteiger charge is 2.44. The summed E-state index contributed by atoms with van der Waals surface area (Å²) in [5, 5.41) is 0.140. The van der Waals surface area contributed by atoms with Crippen molar-refractivity contribution < 1.29 is 14.0 Å². The van der Waals surface area contributed by atoms with Gasteiger partial charge in [-0.05, 0) is 55.6 Å². The van der Waals surface area contributed by atoms with Crippen molar-refractivity contribution in [2.24, 2.45) is 5.92 Å². The summed E-state index contributed by atoms with van der Waals surface area (Å²) in [7, 11) is -1.94. The molecule has 1 aromatic carbocycles. The molecule has 1 aromatic rings. The molecule has 0 N–H and O–H groups in total. The molecular formula is C20H30O3Si. The standard InChI is InChI=1S/C20H30O3Si/c1-13-11-16-18(14-9-7-8-10-15(14)19(21)22-16)17(12-13)23-24(5,6)20(2,3)4/h11-12,14-15H,7-10H2,1-6H3/t14-,15-/m1/s1. The molecule has 0 aromatic heterocycles. The molecule has 24 heavy (non-hydrogen) atoms. The number of hydrogen-bond acceptors (Lipinski definition) is 3. The zero-order valence-electron chi connectivity index (χ0n) is 15.9. The van der Waals surface area contributed by atoms with E-state index in [1.54, 1.807) is 0 Å². The lowest BCUT2D eigenvalue weighted by Crippen LogP contribution is -2.44. The summed E-state index contributed by atoms with van der Waals surface area (Å²) in [5.41, 5.74) is 2.24. The Balaban J connectivity index is 2.07. The highest BCUT2D eigenvalue weighted by atomic mass is 28.4. The van der Waals surface area contributed by atoms with Crippen molar-refractivity contribution in [3.63, 3.8) is 0 Å². The van der Waals surface area contributed by atoms with Gasteiger partial charge in [0.2, 0.25) is 8.32 Å². The molecule has 0 spiro atoms. The van der Waals surface area contributed by atoms with E-state index in [1.165, 1.54) is 6.42 Å². The van der Waals surface area contributed by atoms with Crippen molar-refractivity contribution in [2.45, 2.75) is 77.4 Å². The zero-order valence-corrected chi connectivity index (χ0v) is 16.9. The monoisotopic (exact) mass is 346 g/mol. The average molecular weight is 347 g/mol. The predicted octanol–water partition coefficient (Wildman–Crippen LogP) is 5.57. The van der Waals surface area contributed by atoms with Gasteiger partial charge in [0.25, 0.3) is 0 Å². The molecule has 0 bridgehead atoms. The fraction of sp³-hybridized carbons (Fsp3) is 0.650. The van der Waals surface area contributed by atoms with Crippen molar-refractivity contribution in [1.29, 1.82) is 0 Å². The molecule has 3 nitrogen and oxygen atoms in total. The van der Waals surface area contributed by atoms with Gasteiger partial charge in [-0.15, -0.1) is 0 Å². The molecule has 0 unspecified atom stereocenters. The Morgan fingerprint density at radius 3 is 2.38 bits per heavy atom. The highest BCUT2D eigenvalue weighted by Crippen LogP contribution is 2.51. The van der Waals surface area contributed by atoms with Crippen LogP contribution >= 0.6 is 0 Å². The van der Waals surface area contributed by atoms with E-state index in [4.69, 9.17) is 9.16 Å². The van der Waals surface area contributed by atoms with Gasteiger partial charge in [-0.2, -0.15) is 0 Å². The Hall–Kier alpha value is -1.29.